The molecule has 11 heteroatoms. The molecular weight excluding hydrogens is 779 g/mol. The molecule has 0 bridgehead atoms. The summed E-state index contributed by atoms with van der Waals surface area (Å²) in [4.78, 5) is 23.7. The predicted molar refractivity (Wildman–Crippen MR) is 239 cm³/mol. The molecular formula is C51H45N5O6. The van der Waals surface area contributed by atoms with E-state index >= 15 is 0 Å². The van der Waals surface area contributed by atoms with E-state index in [1.54, 1.807) is 47.0 Å². The van der Waals surface area contributed by atoms with Gasteiger partial charge in [-0.25, -0.2) is 4.98 Å². The van der Waals surface area contributed by atoms with Crippen LogP contribution >= 0.6 is 0 Å². The predicted octanol–water partition coefficient (Wildman–Crippen LogP) is 9.35. The Kier molecular flexibility index (Phi) is 13.5. The Morgan fingerprint density at radius 3 is 1.45 bits per heavy atom. The largest absolute Gasteiger partial charge is 0.497 e. The van der Waals surface area contributed by atoms with Crippen molar-refractivity contribution in [3.63, 3.8) is 0 Å². The Balaban J connectivity index is 1.15. The standard InChI is InChI=1S/C51H45N5O6/c1-32-20-40(59-7)21-33(2)42(32)17-15-38-25-48(55-29-50(38)62-31-58-6)46-11-9-10-45(56-46)47-24-37(49(28-54-47)61-30-57-5)14-12-36-13-18-43(52-26-36)44-19-16-39(27-53-44)51-34(3)22-41(60-8)23-35(51)4/h9-11,13,16,18-29H,30-31H2,1-8H3. The average molecular weight is 824 g/mol. The van der Waals surface area contributed by atoms with Crippen LogP contribution in [0.1, 0.15) is 44.5 Å². The summed E-state index contributed by atoms with van der Waals surface area (Å²) in [5.74, 6) is 15.7. The highest BCUT2D eigenvalue weighted by Crippen LogP contribution is 2.32. The van der Waals surface area contributed by atoms with Crippen molar-refractivity contribution in [2.45, 2.75) is 27.7 Å². The Labute approximate surface area is 362 Å². The summed E-state index contributed by atoms with van der Waals surface area (Å²) in [7, 11) is 6.45. The van der Waals surface area contributed by atoms with Gasteiger partial charge in [0.1, 0.15) is 11.5 Å². The first-order valence-electron chi connectivity index (χ1n) is 19.7. The number of hydrogen-bond donors (Lipinski definition) is 0. The van der Waals surface area contributed by atoms with Gasteiger partial charge in [0.15, 0.2) is 25.1 Å². The van der Waals surface area contributed by atoms with E-state index in [4.69, 9.17) is 38.4 Å². The highest BCUT2D eigenvalue weighted by atomic mass is 16.7. The summed E-state index contributed by atoms with van der Waals surface area (Å²) in [6.07, 6.45) is 6.86. The molecule has 11 nitrogen and oxygen atoms in total. The second-order valence-electron chi connectivity index (χ2n) is 14.3. The molecule has 7 rings (SSSR count). The van der Waals surface area contributed by atoms with Crippen molar-refractivity contribution >= 4 is 0 Å². The minimum absolute atomic E-state index is 0.0294. The maximum atomic E-state index is 5.85. The van der Waals surface area contributed by atoms with Crippen LogP contribution in [0.3, 0.4) is 0 Å². The maximum Gasteiger partial charge on any atom is 0.188 e. The molecule has 5 heterocycles. The summed E-state index contributed by atoms with van der Waals surface area (Å²) in [5.41, 5.74) is 13.2. The lowest BCUT2D eigenvalue weighted by molar-refractivity contribution is 0.0505. The molecule has 0 unspecified atom stereocenters. The number of pyridine rings is 5. The molecule has 0 aliphatic rings. The van der Waals surface area contributed by atoms with Crippen molar-refractivity contribution in [2.24, 2.45) is 0 Å². The van der Waals surface area contributed by atoms with Gasteiger partial charge in [0.25, 0.3) is 0 Å². The number of nitrogens with zero attached hydrogens (tertiary/aromatic N) is 5. The Morgan fingerprint density at radius 2 is 0.968 bits per heavy atom. The number of benzene rings is 2. The normalized spacial score (nSPS) is 10.6. The quantitative estimate of drug-likeness (QED) is 0.0866. The lowest BCUT2D eigenvalue weighted by atomic mass is 9.96. The minimum Gasteiger partial charge on any atom is -0.497 e. The fourth-order valence-electron chi connectivity index (χ4n) is 6.87. The molecule has 0 atom stereocenters. The third-order valence-corrected chi connectivity index (χ3v) is 9.90. The molecule has 0 aliphatic carbocycles. The van der Waals surface area contributed by atoms with Crippen LogP contribution in [0.15, 0.2) is 104 Å². The Bertz CT molecular complexity index is 2810. The lowest BCUT2D eigenvalue weighted by Crippen LogP contribution is -2.02. The maximum absolute atomic E-state index is 5.85. The second-order valence-corrected chi connectivity index (χ2v) is 14.3. The molecule has 62 heavy (non-hydrogen) atoms. The number of ether oxygens (including phenoxy) is 6. The summed E-state index contributed by atoms with van der Waals surface area (Å²) in [5, 5.41) is 0. The van der Waals surface area contributed by atoms with Crippen LogP contribution < -0.4 is 18.9 Å². The van der Waals surface area contributed by atoms with Gasteiger partial charge in [-0.3, -0.25) is 19.9 Å². The Morgan fingerprint density at radius 1 is 0.468 bits per heavy atom. The molecule has 0 spiro atoms. The second kappa shape index (κ2) is 19.7. The summed E-state index contributed by atoms with van der Waals surface area (Å²) in [6, 6.07) is 25.2. The van der Waals surface area contributed by atoms with Crippen molar-refractivity contribution in [1.82, 2.24) is 24.9 Å². The average Bonchev–Trinajstić information content (AvgIpc) is 3.29. The van der Waals surface area contributed by atoms with E-state index in [0.29, 0.717) is 51.0 Å². The van der Waals surface area contributed by atoms with E-state index in [-0.39, 0.29) is 13.6 Å². The van der Waals surface area contributed by atoms with Crippen LogP contribution in [-0.2, 0) is 9.47 Å². The van der Waals surface area contributed by atoms with E-state index in [1.807, 2.05) is 92.8 Å². The van der Waals surface area contributed by atoms with Gasteiger partial charge < -0.3 is 28.4 Å². The van der Waals surface area contributed by atoms with Crippen molar-refractivity contribution in [2.75, 3.05) is 42.0 Å². The van der Waals surface area contributed by atoms with E-state index in [9.17, 15) is 0 Å². The van der Waals surface area contributed by atoms with Gasteiger partial charge in [-0.2, -0.15) is 0 Å². The molecule has 0 amide bonds. The van der Waals surface area contributed by atoms with Gasteiger partial charge in [0, 0.05) is 43.3 Å². The number of aromatic nitrogens is 5. The minimum atomic E-state index is 0.0294. The van der Waals surface area contributed by atoms with Gasteiger partial charge in [0.2, 0.25) is 0 Å². The van der Waals surface area contributed by atoms with Crippen LogP contribution in [0.2, 0.25) is 0 Å². The molecule has 7 aromatic rings. The molecule has 0 saturated carbocycles. The van der Waals surface area contributed by atoms with Crippen LogP contribution in [-0.4, -0.2) is 66.9 Å². The summed E-state index contributed by atoms with van der Waals surface area (Å²) < 4.78 is 32.9. The van der Waals surface area contributed by atoms with Crippen molar-refractivity contribution in [1.29, 1.82) is 0 Å². The zero-order valence-electron chi connectivity index (χ0n) is 35.9. The first-order valence-corrected chi connectivity index (χ1v) is 19.7. The van der Waals surface area contributed by atoms with Gasteiger partial charge in [-0.05, 0) is 122 Å². The first kappa shape index (κ1) is 42.6. The molecule has 0 N–H and O–H groups in total. The number of hydrogen-bond acceptors (Lipinski definition) is 11. The third kappa shape index (κ3) is 9.89. The van der Waals surface area contributed by atoms with E-state index in [1.165, 1.54) is 0 Å². The van der Waals surface area contributed by atoms with Gasteiger partial charge in [0.05, 0.1) is 71.9 Å². The fourth-order valence-corrected chi connectivity index (χ4v) is 6.87. The lowest BCUT2D eigenvalue weighted by Gasteiger charge is -2.12. The first-order chi connectivity index (χ1) is 30.2. The van der Waals surface area contributed by atoms with Crippen molar-refractivity contribution < 1.29 is 28.4 Å². The van der Waals surface area contributed by atoms with E-state index in [0.717, 1.165) is 61.8 Å². The van der Waals surface area contributed by atoms with Gasteiger partial charge >= 0.3 is 0 Å². The summed E-state index contributed by atoms with van der Waals surface area (Å²) in [6.45, 7) is 8.25. The Hall–Kier alpha value is -7.57. The zero-order valence-corrected chi connectivity index (χ0v) is 35.9. The van der Waals surface area contributed by atoms with E-state index < -0.39 is 0 Å². The van der Waals surface area contributed by atoms with Gasteiger partial charge in [-0.15, -0.1) is 0 Å². The molecule has 310 valence electrons. The van der Waals surface area contributed by atoms with Crippen molar-refractivity contribution in [3.8, 4) is 92.0 Å². The summed E-state index contributed by atoms with van der Waals surface area (Å²) >= 11 is 0. The van der Waals surface area contributed by atoms with Crippen LogP contribution in [0, 0.1) is 51.4 Å². The molecule has 0 saturated heterocycles. The van der Waals surface area contributed by atoms with Gasteiger partial charge in [-0.1, -0.05) is 35.8 Å². The van der Waals surface area contributed by atoms with Crippen molar-refractivity contribution in [3.05, 3.63) is 148 Å². The monoisotopic (exact) mass is 823 g/mol. The third-order valence-electron chi connectivity index (χ3n) is 9.90. The number of methoxy groups -OCH3 is 4. The smallest absolute Gasteiger partial charge is 0.188 e. The number of rotatable bonds is 12. The number of aryl methyl sites for hydroxylation is 4. The highest BCUT2D eigenvalue weighted by molar-refractivity contribution is 5.73. The topological polar surface area (TPSA) is 120 Å². The molecule has 0 aliphatic heterocycles. The van der Waals surface area contributed by atoms with Crippen LogP contribution in [0.25, 0.3) is 45.3 Å². The van der Waals surface area contributed by atoms with E-state index in [2.05, 4.69) is 58.5 Å². The van der Waals surface area contributed by atoms with Crippen LogP contribution in [0.4, 0.5) is 0 Å². The molecule has 5 aromatic heterocycles. The highest BCUT2D eigenvalue weighted by Gasteiger charge is 2.14. The molecule has 2 aromatic carbocycles. The fraction of sp³-hybridized carbons (Fsp3) is 0.196. The molecule has 0 radical (unpaired) electrons. The van der Waals surface area contributed by atoms with Crippen LogP contribution in [0.5, 0.6) is 23.0 Å². The SMILES string of the molecule is COCOc1cnc(-c2cccc(-c3cc(C#Cc4c(C)cc(OC)cc4C)c(OCOC)cn3)n2)cc1C#Cc1ccc(-c2ccc(-c3c(C)cc(OC)cc3C)cn2)nc1. The molecule has 0 fully saturated rings. The zero-order chi connectivity index (χ0) is 43.6.